The second-order valence-corrected chi connectivity index (χ2v) is 7.41. The van der Waals surface area contributed by atoms with Gasteiger partial charge in [0.15, 0.2) is 11.5 Å². The Balaban J connectivity index is 0.00000225. The molecule has 1 saturated heterocycles. The summed E-state index contributed by atoms with van der Waals surface area (Å²) in [7, 11) is 1.94. The predicted molar refractivity (Wildman–Crippen MR) is 103 cm³/mol. The molecule has 140 valence electrons. The predicted octanol–water partition coefficient (Wildman–Crippen LogP) is 2.96. The molecule has 2 heterocycles. The van der Waals surface area contributed by atoms with Crippen LogP contribution in [0.25, 0.3) is 0 Å². The fourth-order valence-electron chi connectivity index (χ4n) is 3.06. The van der Waals surface area contributed by atoms with Crippen LogP contribution in [0.4, 0.5) is 0 Å². The lowest BCUT2D eigenvalue weighted by Gasteiger charge is -2.31. The molecule has 0 bridgehead atoms. The van der Waals surface area contributed by atoms with Gasteiger partial charge < -0.3 is 19.7 Å². The molecule has 5 nitrogen and oxygen atoms in total. The van der Waals surface area contributed by atoms with Crippen LogP contribution in [-0.2, 0) is 4.79 Å². The number of rotatable bonds is 5. The molecule has 7 heteroatoms. The summed E-state index contributed by atoms with van der Waals surface area (Å²) in [4.78, 5) is 15.4. The molecule has 2 aliphatic rings. The molecule has 0 aromatic heterocycles. The molecular formula is C18H27ClN2O3S. The number of nitrogens with one attached hydrogen (secondary N) is 1. The van der Waals surface area contributed by atoms with Crippen molar-refractivity contribution in [3.05, 3.63) is 18.2 Å². The van der Waals surface area contributed by atoms with Gasteiger partial charge in [-0.2, -0.15) is 0 Å². The Labute approximate surface area is 160 Å². The van der Waals surface area contributed by atoms with Crippen LogP contribution in [0.5, 0.6) is 11.5 Å². The fourth-order valence-corrected chi connectivity index (χ4v) is 3.93. The number of fused-ring (bicyclic) bond motifs is 1. The fraction of sp³-hybridized carbons (Fsp3) is 0.611. The molecule has 1 aromatic rings. The van der Waals surface area contributed by atoms with Gasteiger partial charge in [0.1, 0.15) is 0 Å². The van der Waals surface area contributed by atoms with Gasteiger partial charge in [-0.3, -0.25) is 4.79 Å². The van der Waals surface area contributed by atoms with Crippen LogP contribution in [-0.4, -0.2) is 56.0 Å². The van der Waals surface area contributed by atoms with E-state index in [-0.39, 0.29) is 18.3 Å². The largest absolute Gasteiger partial charge is 0.490 e. The molecule has 1 aromatic carbocycles. The molecule has 3 rings (SSSR count). The molecule has 25 heavy (non-hydrogen) atoms. The molecule has 0 saturated carbocycles. The van der Waals surface area contributed by atoms with Crippen molar-refractivity contribution in [3.63, 3.8) is 0 Å². The number of hydrogen-bond acceptors (Lipinski definition) is 5. The summed E-state index contributed by atoms with van der Waals surface area (Å²) in [5.74, 6) is 2.66. The van der Waals surface area contributed by atoms with Crippen LogP contribution in [0, 0.1) is 0 Å². The molecule has 0 radical (unpaired) electrons. The molecule has 0 atom stereocenters. The Morgan fingerprint density at radius 3 is 2.72 bits per heavy atom. The maximum Gasteiger partial charge on any atom is 0.223 e. The number of amides is 1. The normalized spacial score (nSPS) is 17.3. The van der Waals surface area contributed by atoms with E-state index in [2.05, 4.69) is 5.32 Å². The Morgan fingerprint density at radius 2 is 1.96 bits per heavy atom. The third kappa shape index (κ3) is 5.69. The number of carbonyl (C=O) groups excluding carboxylic acids is 1. The maximum absolute atomic E-state index is 12.4. The van der Waals surface area contributed by atoms with Gasteiger partial charge in [0.05, 0.1) is 13.2 Å². The Hall–Kier alpha value is -1.11. The molecule has 1 amide bonds. The van der Waals surface area contributed by atoms with Gasteiger partial charge in [0.25, 0.3) is 0 Å². The second kappa shape index (κ2) is 10.1. The van der Waals surface area contributed by atoms with Gasteiger partial charge in [-0.25, -0.2) is 0 Å². The molecule has 0 unspecified atom stereocenters. The number of benzene rings is 1. The smallest absolute Gasteiger partial charge is 0.223 e. The molecule has 0 spiro atoms. The van der Waals surface area contributed by atoms with Gasteiger partial charge in [0.2, 0.25) is 5.91 Å². The third-order valence-corrected chi connectivity index (χ3v) is 5.55. The average molecular weight is 387 g/mol. The number of nitrogens with zero attached hydrogens (tertiary/aromatic N) is 1. The van der Waals surface area contributed by atoms with Crippen molar-refractivity contribution in [2.45, 2.75) is 36.6 Å². The van der Waals surface area contributed by atoms with E-state index in [1.165, 1.54) is 0 Å². The van der Waals surface area contributed by atoms with Crippen LogP contribution < -0.4 is 14.8 Å². The Kier molecular flexibility index (Phi) is 8.19. The van der Waals surface area contributed by atoms with E-state index >= 15 is 0 Å². The zero-order valence-corrected chi connectivity index (χ0v) is 16.3. The van der Waals surface area contributed by atoms with E-state index in [1.54, 1.807) is 11.8 Å². The van der Waals surface area contributed by atoms with Crippen molar-refractivity contribution in [2.24, 2.45) is 0 Å². The highest BCUT2D eigenvalue weighted by molar-refractivity contribution is 7.99. The first kappa shape index (κ1) is 20.2. The van der Waals surface area contributed by atoms with Crippen molar-refractivity contribution in [1.82, 2.24) is 10.2 Å². The topological polar surface area (TPSA) is 50.8 Å². The zero-order valence-electron chi connectivity index (χ0n) is 14.7. The third-order valence-electron chi connectivity index (χ3n) is 4.55. The molecule has 1 fully saturated rings. The van der Waals surface area contributed by atoms with E-state index < -0.39 is 0 Å². The number of carbonyl (C=O) groups is 1. The first-order chi connectivity index (χ1) is 11.7. The Morgan fingerprint density at radius 1 is 1.24 bits per heavy atom. The standard InChI is InChI=1S/C18H26N2O3S.ClH/c1-20(14-5-8-19-9-6-14)18(21)7-12-24-15-3-4-16-17(13-15)23-11-2-10-22-16;/h3-4,13-14,19H,2,5-12H2,1H3;1H. The van der Waals surface area contributed by atoms with Crippen LogP contribution in [0.1, 0.15) is 25.7 Å². The van der Waals surface area contributed by atoms with Crippen LogP contribution in [0.3, 0.4) is 0 Å². The zero-order chi connectivity index (χ0) is 16.8. The molecule has 0 aliphatic carbocycles. The summed E-state index contributed by atoms with van der Waals surface area (Å²) in [6.45, 7) is 3.42. The van der Waals surface area contributed by atoms with Gasteiger partial charge in [0, 0.05) is 36.6 Å². The summed E-state index contributed by atoms with van der Waals surface area (Å²) in [5, 5.41) is 3.34. The van der Waals surface area contributed by atoms with E-state index in [4.69, 9.17) is 9.47 Å². The van der Waals surface area contributed by atoms with Crippen LogP contribution >= 0.6 is 24.2 Å². The SMILES string of the molecule is CN(C(=O)CCSc1ccc2c(c1)OCCCO2)C1CCNCC1.Cl. The van der Waals surface area contributed by atoms with Gasteiger partial charge in [-0.1, -0.05) is 0 Å². The van der Waals surface area contributed by atoms with E-state index in [0.29, 0.717) is 25.7 Å². The van der Waals surface area contributed by atoms with E-state index in [0.717, 1.165) is 54.5 Å². The maximum atomic E-state index is 12.4. The number of hydrogen-bond donors (Lipinski definition) is 1. The second-order valence-electron chi connectivity index (χ2n) is 6.24. The summed E-state index contributed by atoms with van der Waals surface area (Å²) in [6.07, 6.45) is 3.59. The molecule has 1 N–H and O–H groups in total. The first-order valence-electron chi connectivity index (χ1n) is 8.73. The summed E-state index contributed by atoms with van der Waals surface area (Å²) in [5.41, 5.74) is 0. The van der Waals surface area contributed by atoms with E-state index in [1.807, 2.05) is 30.1 Å². The number of piperidine rings is 1. The van der Waals surface area contributed by atoms with Gasteiger partial charge in [-0.05, 0) is 44.1 Å². The van der Waals surface area contributed by atoms with E-state index in [9.17, 15) is 4.79 Å². The quantitative estimate of drug-likeness (QED) is 0.788. The summed E-state index contributed by atoms with van der Waals surface area (Å²) in [6, 6.07) is 6.42. The lowest BCUT2D eigenvalue weighted by Crippen LogP contribution is -2.44. The van der Waals surface area contributed by atoms with Crippen molar-refractivity contribution in [2.75, 3.05) is 39.1 Å². The van der Waals surface area contributed by atoms with Crippen molar-refractivity contribution in [3.8, 4) is 11.5 Å². The number of halogens is 1. The van der Waals surface area contributed by atoms with Crippen molar-refractivity contribution < 1.29 is 14.3 Å². The summed E-state index contributed by atoms with van der Waals surface area (Å²) >= 11 is 1.70. The highest BCUT2D eigenvalue weighted by Crippen LogP contribution is 2.34. The minimum Gasteiger partial charge on any atom is -0.490 e. The van der Waals surface area contributed by atoms with Crippen LogP contribution in [0.15, 0.2) is 23.1 Å². The van der Waals surface area contributed by atoms with Crippen LogP contribution in [0.2, 0.25) is 0 Å². The Bertz CT molecular complexity index is 567. The van der Waals surface area contributed by atoms with Crippen molar-refractivity contribution >= 4 is 30.1 Å². The van der Waals surface area contributed by atoms with Gasteiger partial charge >= 0.3 is 0 Å². The minimum absolute atomic E-state index is 0. The number of thioether (sulfide) groups is 1. The highest BCUT2D eigenvalue weighted by atomic mass is 35.5. The first-order valence-corrected chi connectivity index (χ1v) is 9.71. The average Bonchev–Trinajstić information content (AvgIpc) is 2.86. The van der Waals surface area contributed by atoms with Crippen molar-refractivity contribution in [1.29, 1.82) is 0 Å². The highest BCUT2D eigenvalue weighted by Gasteiger charge is 2.21. The lowest BCUT2D eigenvalue weighted by atomic mass is 10.1. The monoisotopic (exact) mass is 386 g/mol. The molecule has 2 aliphatic heterocycles. The lowest BCUT2D eigenvalue weighted by molar-refractivity contribution is -0.131. The molecular weight excluding hydrogens is 360 g/mol. The van der Waals surface area contributed by atoms with Gasteiger partial charge in [-0.15, -0.1) is 24.2 Å². The summed E-state index contributed by atoms with van der Waals surface area (Å²) < 4.78 is 11.4. The number of ether oxygens (including phenoxy) is 2. The minimum atomic E-state index is 0.